The molecule has 6 unspecified atom stereocenters. The molecule has 6 rings (SSSR count). The Labute approximate surface area is 279 Å². The van der Waals surface area contributed by atoms with Crippen molar-refractivity contribution < 1.29 is 56.7 Å². The molecule has 5 heterocycles. The second kappa shape index (κ2) is 14.9. The van der Waals surface area contributed by atoms with Gasteiger partial charge in [0.1, 0.15) is 30.7 Å². The molecule has 266 valence electrons. The summed E-state index contributed by atoms with van der Waals surface area (Å²) >= 11 is 0. The Bertz CT molecular complexity index is 1750. The first kappa shape index (κ1) is 35.5. The van der Waals surface area contributed by atoms with Crippen molar-refractivity contribution in [2.45, 2.75) is 63.1 Å². The summed E-state index contributed by atoms with van der Waals surface area (Å²) in [7, 11) is -9.81. The third kappa shape index (κ3) is 8.52. The number of carbonyl (C=O) groups excluding carboxylic acids is 1. The Hall–Kier alpha value is -3.35. The third-order valence-electron chi connectivity index (χ3n) is 8.28. The van der Waals surface area contributed by atoms with Crippen molar-refractivity contribution in [2.24, 2.45) is 5.92 Å². The van der Waals surface area contributed by atoms with Crippen LogP contribution in [0.4, 0.5) is 10.6 Å². The highest BCUT2D eigenvalue weighted by atomic mass is 31.3. The fourth-order valence-corrected chi connectivity index (χ4v) is 9.23. The third-order valence-corrected chi connectivity index (χ3v) is 11.6. The predicted octanol–water partition coefficient (Wildman–Crippen LogP) is 1.99. The number of nitrogens with one attached hydrogen (secondary N) is 3. The van der Waals surface area contributed by atoms with Crippen LogP contribution in [0.15, 0.2) is 43.0 Å². The number of ether oxygens (including phenoxy) is 3. The van der Waals surface area contributed by atoms with E-state index in [1.54, 1.807) is 11.5 Å². The van der Waals surface area contributed by atoms with Gasteiger partial charge in [0, 0.05) is 13.0 Å². The van der Waals surface area contributed by atoms with Gasteiger partial charge in [-0.1, -0.05) is 30.3 Å². The summed E-state index contributed by atoms with van der Waals surface area (Å²) in [5.41, 5.74) is 1.50. The van der Waals surface area contributed by atoms with Gasteiger partial charge in [0.25, 0.3) is 0 Å². The van der Waals surface area contributed by atoms with Crippen LogP contribution in [0.3, 0.4) is 0 Å². The minimum absolute atomic E-state index is 0.0546. The van der Waals surface area contributed by atoms with Crippen LogP contribution in [-0.4, -0.2) is 103 Å². The molecule has 0 radical (unpaired) electrons. The van der Waals surface area contributed by atoms with Crippen LogP contribution in [0.2, 0.25) is 0 Å². The van der Waals surface area contributed by atoms with Gasteiger partial charge in [0.05, 0.1) is 19.1 Å². The number of aliphatic carboxylic acids is 1. The molecule has 0 bridgehead atoms. The zero-order valence-corrected chi connectivity index (χ0v) is 28.0. The molecule has 0 saturated carbocycles. The lowest BCUT2D eigenvalue weighted by atomic mass is 9.94. The normalized spacial score (nSPS) is 29.2. The van der Waals surface area contributed by atoms with E-state index >= 15 is 0 Å². The molecule has 2 aromatic heterocycles. The van der Waals surface area contributed by atoms with E-state index in [0.717, 1.165) is 5.56 Å². The maximum absolute atomic E-state index is 12.9. The van der Waals surface area contributed by atoms with Gasteiger partial charge in [-0.25, -0.2) is 28.6 Å². The number of piperidine rings is 1. The molecule has 49 heavy (non-hydrogen) atoms. The molecule has 3 saturated heterocycles. The first-order valence-corrected chi connectivity index (χ1v) is 18.9. The lowest BCUT2D eigenvalue weighted by molar-refractivity contribution is -0.149. The van der Waals surface area contributed by atoms with E-state index in [9.17, 15) is 33.6 Å². The highest BCUT2D eigenvalue weighted by molar-refractivity contribution is 7.64. The molecule has 2 amide bonds. The number of urea groups is 1. The molecule has 6 N–H and O–H groups in total. The average molecular weight is 726 g/mol. The van der Waals surface area contributed by atoms with Crippen LogP contribution in [-0.2, 0) is 43.4 Å². The van der Waals surface area contributed by atoms with E-state index in [0.29, 0.717) is 31.6 Å². The number of amides is 2. The number of anilines is 1. The van der Waals surface area contributed by atoms with E-state index in [1.807, 2.05) is 30.3 Å². The first-order valence-electron chi connectivity index (χ1n) is 15.6. The SMILES string of the molecule is CCNC(=O)Nc1ncnc2c1ncn2[C@@H]1O[C@H](COP(=O)(O)OP(=O)(O)CC2CCNC(C(=O)O)C2)C2OC(Cc3ccccc3)O[C@@H]21. The van der Waals surface area contributed by atoms with Gasteiger partial charge >= 0.3 is 27.4 Å². The maximum Gasteiger partial charge on any atom is 0.479 e. The van der Waals surface area contributed by atoms with Gasteiger partial charge in [0.15, 0.2) is 29.5 Å². The van der Waals surface area contributed by atoms with Crippen molar-refractivity contribution in [1.82, 2.24) is 30.2 Å². The van der Waals surface area contributed by atoms with Crippen LogP contribution in [0.1, 0.15) is 31.6 Å². The second-order valence-corrected chi connectivity index (χ2v) is 15.3. The van der Waals surface area contributed by atoms with Gasteiger partial charge in [-0.15, -0.1) is 0 Å². The summed E-state index contributed by atoms with van der Waals surface area (Å²) in [6.07, 6.45) is -1.30. The smallest absolute Gasteiger partial charge is 0.479 e. The number of imidazole rings is 1. The molecular weight excluding hydrogens is 688 g/mol. The molecule has 9 atom stereocenters. The van der Waals surface area contributed by atoms with E-state index < -0.39 is 83.0 Å². The van der Waals surface area contributed by atoms with E-state index in [4.69, 9.17) is 23.0 Å². The number of hydrogen-bond acceptors (Lipinski definition) is 13. The van der Waals surface area contributed by atoms with Gasteiger partial charge in [-0.05, 0) is 37.8 Å². The van der Waals surface area contributed by atoms with Gasteiger partial charge in [0.2, 0.25) is 0 Å². The van der Waals surface area contributed by atoms with E-state index in [1.165, 1.54) is 12.7 Å². The summed E-state index contributed by atoms with van der Waals surface area (Å²) in [6.45, 7) is 1.87. The molecule has 3 aromatic rings. The van der Waals surface area contributed by atoms with Crippen LogP contribution >= 0.6 is 15.4 Å². The number of carboxylic acid groups (broad SMARTS) is 1. The summed E-state index contributed by atoms with van der Waals surface area (Å²) in [5, 5.41) is 17.3. The average Bonchev–Trinajstić information content (AvgIpc) is 3.74. The molecule has 3 aliphatic rings. The Kier molecular flexibility index (Phi) is 10.8. The highest BCUT2D eigenvalue weighted by Crippen LogP contribution is 2.61. The zero-order valence-electron chi connectivity index (χ0n) is 26.2. The van der Waals surface area contributed by atoms with Crippen molar-refractivity contribution in [3.63, 3.8) is 0 Å². The highest BCUT2D eigenvalue weighted by Gasteiger charge is 2.54. The summed E-state index contributed by atoms with van der Waals surface area (Å²) in [6, 6.07) is 8.09. The Balaban J connectivity index is 1.17. The number of hydrogen-bond donors (Lipinski definition) is 6. The number of phosphoric ester groups is 1. The molecular formula is C28H37N7O12P2. The molecule has 3 fully saturated rings. The number of benzene rings is 1. The number of rotatable bonds is 13. The number of carbonyl (C=O) groups is 2. The van der Waals surface area contributed by atoms with Crippen molar-refractivity contribution in [3.05, 3.63) is 48.5 Å². The van der Waals surface area contributed by atoms with E-state index in [-0.39, 0.29) is 17.8 Å². The molecule has 21 heteroatoms. The molecule has 19 nitrogen and oxygen atoms in total. The number of phosphoric acid groups is 1. The summed E-state index contributed by atoms with van der Waals surface area (Å²) in [4.78, 5) is 57.3. The molecule has 3 aliphatic heterocycles. The van der Waals surface area contributed by atoms with Crippen molar-refractivity contribution in [3.8, 4) is 0 Å². The van der Waals surface area contributed by atoms with Crippen molar-refractivity contribution >= 4 is 44.4 Å². The van der Waals surface area contributed by atoms with Crippen molar-refractivity contribution in [2.75, 3.05) is 31.2 Å². The fourth-order valence-electron chi connectivity index (χ4n) is 6.16. The largest absolute Gasteiger partial charge is 0.480 e. The van der Waals surface area contributed by atoms with Crippen molar-refractivity contribution in [1.29, 1.82) is 0 Å². The second-order valence-electron chi connectivity index (χ2n) is 11.8. The maximum atomic E-state index is 12.9. The fraction of sp³-hybridized carbons (Fsp3) is 0.536. The predicted molar refractivity (Wildman–Crippen MR) is 169 cm³/mol. The molecule has 1 aromatic carbocycles. The minimum Gasteiger partial charge on any atom is -0.480 e. The van der Waals surface area contributed by atoms with Gasteiger partial charge < -0.3 is 39.7 Å². The standard InChI is InChI=1S/C28H37N7O12P2/c1-2-29-28(38)34-24-21-25(32-14-31-24)35(15-33-21)26-23-22(45-20(46-23)11-16-6-4-3-5-7-16)19(44-26)12-43-49(41,42)47-48(39,40)13-17-8-9-30-18(10-17)27(36)37/h3-7,14-15,17-20,22-23,26,30H,2,8-13H2,1H3,(H,36,37)(H,39,40)(H,41,42)(H2,29,31,32,34,38)/t17?,18?,19-,20?,22?,23+,26-/m1/s1. The van der Waals surface area contributed by atoms with Gasteiger partial charge in [-0.3, -0.25) is 23.8 Å². The quantitative estimate of drug-likeness (QED) is 0.138. The zero-order chi connectivity index (χ0) is 34.8. The monoisotopic (exact) mass is 725 g/mol. The number of aromatic nitrogens is 4. The summed E-state index contributed by atoms with van der Waals surface area (Å²) in [5.74, 6) is -1.47. The lowest BCUT2D eigenvalue weighted by Crippen LogP contribution is -2.44. The number of fused-ring (bicyclic) bond motifs is 2. The Morgan fingerprint density at radius 1 is 1.10 bits per heavy atom. The van der Waals surface area contributed by atoms with Crippen LogP contribution in [0.25, 0.3) is 11.2 Å². The first-order chi connectivity index (χ1) is 23.4. The number of nitrogens with zero attached hydrogens (tertiary/aromatic N) is 4. The Morgan fingerprint density at radius 3 is 2.63 bits per heavy atom. The molecule has 0 spiro atoms. The summed E-state index contributed by atoms with van der Waals surface area (Å²) < 4.78 is 56.0. The van der Waals surface area contributed by atoms with Crippen LogP contribution < -0.4 is 16.0 Å². The van der Waals surface area contributed by atoms with Crippen LogP contribution in [0, 0.1) is 5.92 Å². The number of carboxylic acids is 1. The lowest BCUT2D eigenvalue weighted by Gasteiger charge is -2.29. The Morgan fingerprint density at radius 2 is 1.88 bits per heavy atom. The minimum atomic E-state index is -5.13. The molecule has 0 aliphatic carbocycles. The van der Waals surface area contributed by atoms with Crippen LogP contribution in [0.5, 0.6) is 0 Å². The van der Waals surface area contributed by atoms with Gasteiger partial charge in [-0.2, -0.15) is 0 Å². The van der Waals surface area contributed by atoms with E-state index in [2.05, 4.69) is 30.9 Å². The topological polar surface area (TPSA) is 255 Å².